The molecule has 0 atom stereocenters. The van der Waals surface area contributed by atoms with Crippen LogP contribution in [0.1, 0.15) is 15.9 Å². The van der Waals surface area contributed by atoms with Gasteiger partial charge < -0.3 is 15.2 Å². The minimum absolute atomic E-state index is 0.0192. The predicted molar refractivity (Wildman–Crippen MR) is 130 cm³/mol. The van der Waals surface area contributed by atoms with Crippen molar-refractivity contribution in [1.82, 2.24) is 0 Å². The molecule has 0 unspecified atom stereocenters. The highest BCUT2D eigenvalue weighted by atomic mass is 79.9. The molecule has 36 heavy (non-hydrogen) atoms. The number of aromatic carboxylic acids is 1. The summed E-state index contributed by atoms with van der Waals surface area (Å²) in [6.45, 7) is 0. The first-order valence-electron chi connectivity index (χ1n) is 9.76. The highest BCUT2D eigenvalue weighted by Gasteiger charge is 2.22. The molecule has 0 aliphatic rings. The van der Waals surface area contributed by atoms with E-state index in [2.05, 4.69) is 21.2 Å². The van der Waals surface area contributed by atoms with Gasteiger partial charge in [0.2, 0.25) is 5.75 Å². The molecule has 3 aromatic carbocycles. The number of hydrogen-bond acceptors (Lipinski definition) is 8. The Kier molecular flexibility index (Phi) is 7.72. The number of carbonyl (C=O) groups excluding carboxylic acids is 1. The molecule has 180 valence electrons. The topological polar surface area (TPSA) is 186 Å². The summed E-state index contributed by atoms with van der Waals surface area (Å²) in [5.74, 6) is -2.18. The SMILES string of the molecule is N#C/C(=C\c1ccc(Oc2ccc([N+](=O)[O-])cc2[N+](=O)[O-])c(Br)c1)C(=O)Nc1ccccc1C(=O)O. The van der Waals surface area contributed by atoms with E-state index in [1.54, 1.807) is 6.07 Å². The maximum absolute atomic E-state index is 12.5. The second-order valence-electron chi connectivity index (χ2n) is 6.93. The molecule has 0 saturated heterocycles. The number of carboxylic acids is 1. The number of rotatable bonds is 8. The summed E-state index contributed by atoms with van der Waals surface area (Å²) in [5, 5.41) is 43.3. The minimum atomic E-state index is -1.25. The first-order valence-corrected chi connectivity index (χ1v) is 10.6. The number of ether oxygens (including phenoxy) is 1. The Morgan fingerprint density at radius 1 is 1.03 bits per heavy atom. The van der Waals surface area contributed by atoms with Crippen LogP contribution in [-0.4, -0.2) is 26.8 Å². The first kappa shape index (κ1) is 25.5. The number of halogens is 1. The number of carboxylic acid groups (broad SMARTS) is 1. The number of nitro groups is 2. The van der Waals surface area contributed by atoms with Crippen LogP contribution in [0.3, 0.4) is 0 Å². The summed E-state index contributed by atoms with van der Waals surface area (Å²) >= 11 is 3.25. The molecule has 1 amide bonds. The number of nitrogens with one attached hydrogen (secondary N) is 1. The second-order valence-corrected chi connectivity index (χ2v) is 7.79. The van der Waals surface area contributed by atoms with Crippen LogP contribution in [0.4, 0.5) is 17.1 Å². The van der Waals surface area contributed by atoms with Crippen molar-refractivity contribution in [1.29, 1.82) is 5.26 Å². The van der Waals surface area contributed by atoms with E-state index < -0.39 is 33.1 Å². The monoisotopic (exact) mass is 552 g/mol. The number of amides is 1. The van der Waals surface area contributed by atoms with Crippen molar-refractivity contribution in [3.8, 4) is 17.6 Å². The van der Waals surface area contributed by atoms with E-state index in [4.69, 9.17) is 4.74 Å². The quantitative estimate of drug-likeness (QED) is 0.162. The Morgan fingerprint density at radius 3 is 2.33 bits per heavy atom. The predicted octanol–water partition coefficient (Wildman–Crippen LogP) is 5.30. The molecule has 0 bridgehead atoms. The highest BCUT2D eigenvalue weighted by molar-refractivity contribution is 9.10. The van der Waals surface area contributed by atoms with Gasteiger partial charge in [-0.1, -0.05) is 18.2 Å². The number of para-hydroxylation sites is 1. The average Bonchev–Trinajstić information content (AvgIpc) is 2.84. The van der Waals surface area contributed by atoms with Crippen LogP contribution in [0.5, 0.6) is 11.5 Å². The maximum atomic E-state index is 12.5. The van der Waals surface area contributed by atoms with Gasteiger partial charge >= 0.3 is 11.7 Å². The van der Waals surface area contributed by atoms with E-state index >= 15 is 0 Å². The highest BCUT2D eigenvalue weighted by Crippen LogP contribution is 2.37. The van der Waals surface area contributed by atoms with Gasteiger partial charge in [0, 0.05) is 6.07 Å². The zero-order chi connectivity index (χ0) is 26.4. The molecular formula is C23H13BrN4O8. The van der Waals surface area contributed by atoms with Crippen LogP contribution in [0.2, 0.25) is 0 Å². The van der Waals surface area contributed by atoms with Crippen LogP contribution in [0.25, 0.3) is 6.08 Å². The summed E-state index contributed by atoms with van der Waals surface area (Å²) in [6.07, 6.45) is 1.25. The molecule has 3 aromatic rings. The number of hydrogen-bond donors (Lipinski definition) is 2. The number of carbonyl (C=O) groups is 2. The van der Waals surface area contributed by atoms with Crippen LogP contribution in [0.15, 0.2) is 70.7 Å². The minimum Gasteiger partial charge on any atom is -0.478 e. The Labute approximate surface area is 210 Å². The lowest BCUT2D eigenvalue weighted by Crippen LogP contribution is -2.16. The largest absolute Gasteiger partial charge is 0.478 e. The van der Waals surface area contributed by atoms with E-state index in [9.17, 15) is 40.2 Å². The molecular weight excluding hydrogens is 540 g/mol. The number of nitrogens with zero attached hydrogens (tertiary/aromatic N) is 3. The van der Waals surface area contributed by atoms with Gasteiger partial charge in [0.25, 0.3) is 11.6 Å². The standard InChI is InChI=1S/C23H13BrN4O8/c24-17-10-13(9-14(12-25)22(29)26-18-4-2-1-3-16(18)23(30)31)5-7-20(17)36-21-8-6-15(27(32)33)11-19(21)28(34)35/h1-11H,(H,26,29)(H,30,31)/b14-9+. The van der Waals surface area contributed by atoms with E-state index in [0.717, 1.165) is 18.2 Å². The zero-order valence-electron chi connectivity index (χ0n) is 17.9. The second kappa shape index (κ2) is 10.9. The average molecular weight is 553 g/mol. The van der Waals surface area contributed by atoms with Gasteiger partial charge in [-0.15, -0.1) is 0 Å². The molecule has 2 N–H and O–H groups in total. The summed E-state index contributed by atoms with van der Waals surface area (Å²) in [4.78, 5) is 44.5. The molecule has 12 nitrogen and oxygen atoms in total. The molecule has 3 rings (SSSR count). The lowest BCUT2D eigenvalue weighted by molar-refractivity contribution is -0.394. The first-order chi connectivity index (χ1) is 17.1. The fourth-order valence-corrected chi connectivity index (χ4v) is 3.42. The van der Waals surface area contributed by atoms with Gasteiger partial charge in [0.15, 0.2) is 0 Å². The van der Waals surface area contributed by atoms with E-state index in [-0.39, 0.29) is 28.3 Å². The van der Waals surface area contributed by atoms with Crippen LogP contribution >= 0.6 is 15.9 Å². The molecule has 0 spiro atoms. The van der Waals surface area contributed by atoms with Gasteiger partial charge in [0.05, 0.1) is 31.6 Å². The van der Waals surface area contributed by atoms with Crippen molar-refractivity contribution in [2.75, 3.05) is 5.32 Å². The van der Waals surface area contributed by atoms with Crippen molar-refractivity contribution in [3.63, 3.8) is 0 Å². The van der Waals surface area contributed by atoms with E-state index in [0.29, 0.717) is 10.0 Å². The van der Waals surface area contributed by atoms with Crippen molar-refractivity contribution >= 4 is 50.9 Å². The Hall–Kier alpha value is -5.09. The fourth-order valence-electron chi connectivity index (χ4n) is 2.94. The van der Waals surface area contributed by atoms with Crippen molar-refractivity contribution in [2.24, 2.45) is 0 Å². The van der Waals surface area contributed by atoms with Crippen LogP contribution < -0.4 is 10.1 Å². The summed E-state index contributed by atoms with van der Waals surface area (Å²) in [5.41, 5.74) is -1.14. The smallest absolute Gasteiger partial charge is 0.337 e. The van der Waals surface area contributed by atoms with Crippen molar-refractivity contribution in [2.45, 2.75) is 0 Å². The van der Waals surface area contributed by atoms with Gasteiger partial charge in [-0.25, -0.2) is 4.79 Å². The molecule has 0 aromatic heterocycles. The number of nitro benzene ring substituents is 2. The molecule has 0 aliphatic heterocycles. The summed E-state index contributed by atoms with van der Waals surface area (Å²) < 4.78 is 5.86. The van der Waals surface area contributed by atoms with E-state index in [1.807, 2.05) is 0 Å². The summed E-state index contributed by atoms with van der Waals surface area (Å²) in [7, 11) is 0. The van der Waals surface area contributed by atoms with Gasteiger partial charge in [-0.05, 0) is 57.9 Å². The van der Waals surface area contributed by atoms with Gasteiger partial charge in [-0.2, -0.15) is 5.26 Å². The van der Waals surface area contributed by atoms with Crippen LogP contribution in [0, 0.1) is 31.6 Å². The van der Waals surface area contributed by atoms with Gasteiger partial charge in [0.1, 0.15) is 17.4 Å². The molecule has 0 heterocycles. The maximum Gasteiger partial charge on any atom is 0.337 e. The third kappa shape index (κ3) is 5.88. The molecule has 13 heteroatoms. The van der Waals surface area contributed by atoms with E-state index in [1.165, 1.54) is 48.5 Å². The number of benzene rings is 3. The summed E-state index contributed by atoms with van der Waals surface area (Å²) in [6, 6.07) is 14.8. The Balaban J connectivity index is 1.85. The van der Waals surface area contributed by atoms with Crippen molar-refractivity contribution < 1.29 is 29.3 Å². The van der Waals surface area contributed by atoms with Crippen molar-refractivity contribution in [3.05, 3.63) is 102 Å². The third-order valence-corrected chi connectivity index (χ3v) is 5.23. The normalized spacial score (nSPS) is 10.7. The molecule has 0 aliphatic carbocycles. The number of anilines is 1. The fraction of sp³-hybridized carbons (Fsp3) is 0. The third-order valence-electron chi connectivity index (χ3n) is 4.61. The number of non-ortho nitro benzene ring substituents is 1. The number of nitriles is 1. The van der Waals surface area contributed by atoms with Gasteiger partial charge in [-0.3, -0.25) is 25.0 Å². The molecule has 0 radical (unpaired) electrons. The molecule has 0 fully saturated rings. The van der Waals surface area contributed by atoms with Crippen LogP contribution in [-0.2, 0) is 4.79 Å². The molecule has 0 saturated carbocycles. The Morgan fingerprint density at radius 2 is 1.72 bits per heavy atom. The Bertz CT molecular complexity index is 1480. The lowest BCUT2D eigenvalue weighted by Gasteiger charge is -2.09. The zero-order valence-corrected chi connectivity index (χ0v) is 19.5. The lowest BCUT2D eigenvalue weighted by atomic mass is 10.1.